The molecule has 5 heteroatoms. The highest BCUT2D eigenvalue weighted by molar-refractivity contribution is 5.96. The summed E-state index contributed by atoms with van der Waals surface area (Å²) in [7, 11) is 0. The first-order chi connectivity index (χ1) is 8.66. The topological polar surface area (TPSA) is 92.8 Å². The Bertz CT molecular complexity index is 393. The van der Waals surface area contributed by atoms with Crippen molar-refractivity contribution in [1.29, 1.82) is 0 Å². The zero-order valence-corrected chi connectivity index (χ0v) is 10.3. The number of nitrogens with two attached hydrogens (primary N) is 1. The van der Waals surface area contributed by atoms with Crippen molar-refractivity contribution < 1.29 is 19.7 Å². The van der Waals surface area contributed by atoms with E-state index in [9.17, 15) is 4.79 Å². The zero-order valence-electron chi connectivity index (χ0n) is 10.3. The summed E-state index contributed by atoms with van der Waals surface area (Å²) in [4.78, 5) is 11.0. The van der Waals surface area contributed by atoms with Gasteiger partial charge in [-0.25, -0.2) is 4.79 Å². The van der Waals surface area contributed by atoms with Gasteiger partial charge < -0.3 is 20.7 Å². The number of hydrogen-bond acceptors (Lipinski definition) is 4. The molecule has 5 nitrogen and oxygen atoms in total. The maximum atomic E-state index is 11.0. The highest BCUT2D eigenvalue weighted by Crippen LogP contribution is 2.24. The molecular weight excluding hydrogens is 234 g/mol. The maximum absolute atomic E-state index is 11.0. The van der Waals surface area contributed by atoms with Crippen LogP contribution in [0.25, 0.3) is 0 Å². The number of carbonyl (C=O) groups is 1. The van der Waals surface area contributed by atoms with Crippen molar-refractivity contribution in [1.82, 2.24) is 0 Å². The smallest absolute Gasteiger partial charge is 0.341 e. The Hall–Kier alpha value is -1.75. The molecule has 0 radical (unpaired) electrons. The Kier molecular flexibility index (Phi) is 6.00. The van der Waals surface area contributed by atoms with E-state index in [1.165, 1.54) is 6.07 Å². The van der Waals surface area contributed by atoms with Gasteiger partial charge in [0.1, 0.15) is 11.3 Å². The molecule has 0 saturated carbocycles. The third-order valence-corrected chi connectivity index (χ3v) is 2.58. The third kappa shape index (κ3) is 4.25. The van der Waals surface area contributed by atoms with Crippen LogP contribution in [-0.2, 0) is 0 Å². The Morgan fingerprint density at radius 2 is 1.94 bits per heavy atom. The summed E-state index contributed by atoms with van der Waals surface area (Å²) in [5.74, 6) is -0.770. The molecule has 0 unspecified atom stereocenters. The minimum Gasteiger partial charge on any atom is -0.493 e. The second-order valence-electron chi connectivity index (χ2n) is 4.01. The van der Waals surface area contributed by atoms with Crippen molar-refractivity contribution in [3.05, 3.63) is 23.8 Å². The third-order valence-electron chi connectivity index (χ3n) is 2.58. The van der Waals surface area contributed by atoms with E-state index in [0.29, 0.717) is 12.4 Å². The van der Waals surface area contributed by atoms with Gasteiger partial charge in [-0.3, -0.25) is 0 Å². The van der Waals surface area contributed by atoms with E-state index >= 15 is 0 Å². The number of aliphatic hydroxyl groups excluding tert-OH is 1. The van der Waals surface area contributed by atoms with Crippen LogP contribution >= 0.6 is 0 Å². The van der Waals surface area contributed by atoms with Crippen LogP contribution in [-0.4, -0.2) is 29.4 Å². The summed E-state index contributed by atoms with van der Waals surface area (Å²) < 4.78 is 5.44. The van der Waals surface area contributed by atoms with Crippen molar-refractivity contribution in [2.45, 2.75) is 25.7 Å². The Morgan fingerprint density at radius 3 is 2.61 bits per heavy atom. The van der Waals surface area contributed by atoms with Crippen molar-refractivity contribution in [2.24, 2.45) is 0 Å². The summed E-state index contributed by atoms with van der Waals surface area (Å²) >= 11 is 0. The lowest BCUT2D eigenvalue weighted by Crippen LogP contribution is -2.07. The molecule has 0 atom stereocenters. The molecule has 0 spiro atoms. The molecule has 0 aliphatic heterocycles. The van der Waals surface area contributed by atoms with Crippen molar-refractivity contribution in [3.8, 4) is 5.75 Å². The molecule has 0 aliphatic rings. The van der Waals surface area contributed by atoms with Crippen LogP contribution in [0.15, 0.2) is 18.2 Å². The zero-order chi connectivity index (χ0) is 13.4. The Morgan fingerprint density at radius 1 is 1.22 bits per heavy atom. The lowest BCUT2D eigenvalue weighted by atomic mass is 10.1. The number of aliphatic hydroxyl groups is 1. The molecule has 0 aliphatic carbocycles. The number of hydrogen-bond donors (Lipinski definition) is 3. The largest absolute Gasteiger partial charge is 0.493 e. The number of ether oxygens (including phenoxy) is 1. The van der Waals surface area contributed by atoms with Gasteiger partial charge in [0.15, 0.2) is 0 Å². The second kappa shape index (κ2) is 7.55. The molecular formula is C13H19NO4. The van der Waals surface area contributed by atoms with Crippen molar-refractivity contribution >= 4 is 11.7 Å². The van der Waals surface area contributed by atoms with E-state index in [4.69, 9.17) is 20.7 Å². The number of nitrogen functional groups attached to an aromatic ring is 1. The number of aromatic carboxylic acids is 1. The van der Waals surface area contributed by atoms with Gasteiger partial charge in [0.2, 0.25) is 0 Å². The molecule has 0 amide bonds. The Labute approximate surface area is 106 Å². The lowest BCUT2D eigenvalue weighted by Gasteiger charge is -2.10. The predicted octanol–water partition coefficient (Wildman–Crippen LogP) is 1.90. The average molecular weight is 253 g/mol. The van der Waals surface area contributed by atoms with E-state index in [2.05, 4.69) is 0 Å². The quantitative estimate of drug-likeness (QED) is 0.486. The molecule has 0 heterocycles. The fourth-order valence-corrected chi connectivity index (χ4v) is 1.65. The van der Waals surface area contributed by atoms with Gasteiger partial charge in [-0.05, 0) is 31.4 Å². The van der Waals surface area contributed by atoms with Gasteiger partial charge in [-0.2, -0.15) is 0 Å². The SMILES string of the molecule is Nc1cccc(OCCCCCCO)c1C(=O)O. The number of anilines is 1. The van der Waals surface area contributed by atoms with Gasteiger partial charge >= 0.3 is 5.97 Å². The molecule has 0 saturated heterocycles. The van der Waals surface area contributed by atoms with Crippen LogP contribution < -0.4 is 10.5 Å². The molecule has 0 aromatic heterocycles. The summed E-state index contributed by atoms with van der Waals surface area (Å²) in [6.07, 6.45) is 3.51. The Balaban J connectivity index is 2.47. The molecule has 1 aromatic rings. The fourth-order valence-electron chi connectivity index (χ4n) is 1.65. The first-order valence-electron chi connectivity index (χ1n) is 6.02. The number of rotatable bonds is 8. The van der Waals surface area contributed by atoms with E-state index < -0.39 is 5.97 Å². The van der Waals surface area contributed by atoms with Crippen molar-refractivity contribution in [3.63, 3.8) is 0 Å². The summed E-state index contributed by atoms with van der Waals surface area (Å²) in [5, 5.41) is 17.6. The molecule has 0 fully saturated rings. The maximum Gasteiger partial charge on any atom is 0.341 e. The fraction of sp³-hybridized carbons (Fsp3) is 0.462. The monoisotopic (exact) mass is 253 g/mol. The lowest BCUT2D eigenvalue weighted by molar-refractivity contribution is 0.0693. The first-order valence-corrected chi connectivity index (χ1v) is 6.02. The average Bonchev–Trinajstić information content (AvgIpc) is 2.33. The van der Waals surface area contributed by atoms with Crippen LogP contribution in [0.2, 0.25) is 0 Å². The molecule has 0 bridgehead atoms. The second-order valence-corrected chi connectivity index (χ2v) is 4.01. The van der Waals surface area contributed by atoms with Gasteiger partial charge in [-0.1, -0.05) is 12.5 Å². The van der Waals surface area contributed by atoms with Crippen molar-refractivity contribution in [2.75, 3.05) is 18.9 Å². The van der Waals surface area contributed by atoms with E-state index in [1.54, 1.807) is 12.1 Å². The van der Waals surface area contributed by atoms with Gasteiger partial charge in [-0.15, -0.1) is 0 Å². The molecule has 100 valence electrons. The van der Waals surface area contributed by atoms with Gasteiger partial charge in [0.05, 0.1) is 6.61 Å². The van der Waals surface area contributed by atoms with Crippen LogP contribution in [0.4, 0.5) is 5.69 Å². The molecule has 18 heavy (non-hydrogen) atoms. The van der Waals surface area contributed by atoms with E-state index in [0.717, 1.165) is 25.7 Å². The van der Waals surface area contributed by atoms with Crippen LogP contribution in [0.1, 0.15) is 36.0 Å². The van der Waals surface area contributed by atoms with Crippen LogP contribution in [0, 0.1) is 0 Å². The van der Waals surface area contributed by atoms with Crippen LogP contribution in [0.3, 0.4) is 0 Å². The first kappa shape index (κ1) is 14.3. The number of unbranched alkanes of at least 4 members (excludes halogenated alkanes) is 3. The molecule has 1 rings (SSSR count). The number of carboxylic acids is 1. The minimum absolute atomic E-state index is 0.0212. The summed E-state index contributed by atoms with van der Waals surface area (Å²) in [6, 6.07) is 4.81. The highest BCUT2D eigenvalue weighted by atomic mass is 16.5. The normalized spacial score (nSPS) is 10.3. The molecule has 4 N–H and O–H groups in total. The van der Waals surface area contributed by atoms with Gasteiger partial charge in [0, 0.05) is 12.3 Å². The standard InChI is InChI=1S/C13H19NO4/c14-10-6-5-7-11(12(10)13(16)17)18-9-4-2-1-3-8-15/h5-7,15H,1-4,8-9,14H2,(H,16,17). The number of benzene rings is 1. The minimum atomic E-state index is -1.08. The van der Waals surface area contributed by atoms with E-state index in [1.807, 2.05) is 0 Å². The predicted molar refractivity (Wildman–Crippen MR) is 68.9 cm³/mol. The highest BCUT2D eigenvalue weighted by Gasteiger charge is 2.14. The van der Waals surface area contributed by atoms with Gasteiger partial charge in [0.25, 0.3) is 0 Å². The van der Waals surface area contributed by atoms with Crippen LogP contribution in [0.5, 0.6) is 5.75 Å². The summed E-state index contributed by atoms with van der Waals surface area (Å²) in [5.41, 5.74) is 5.83. The van der Waals surface area contributed by atoms with E-state index in [-0.39, 0.29) is 17.9 Å². The number of carboxylic acid groups (broad SMARTS) is 1. The molecule has 1 aromatic carbocycles. The summed E-state index contributed by atoms with van der Waals surface area (Å²) in [6.45, 7) is 0.661.